The maximum Gasteiger partial charge on any atom is 0.269 e. The number of fused-ring (bicyclic) bond motifs is 1. The SMILES string of the molecule is O=C(NC1CCCCC1)c1csc2nc(-c3ccc(F)cc3)cn12. The maximum atomic E-state index is 13.1. The summed E-state index contributed by atoms with van der Waals surface area (Å²) < 4.78 is 14.9. The van der Waals surface area contributed by atoms with E-state index in [0.717, 1.165) is 29.1 Å². The van der Waals surface area contributed by atoms with Gasteiger partial charge in [-0.15, -0.1) is 11.3 Å². The van der Waals surface area contributed by atoms with Gasteiger partial charge in [0.2, 0.25) is 0 Å². The quantitative estimate of drug-likeness (QED) is 0.772. The molecule has 2 aromatic heterocycles. The Morgan fingerprint density at radius 1 is 1.21 bits per heavy atom. The number of amides is 1. The summed E-state index contributed by atoms with van der Waals surface area (Å²) in [4.78, 5) is 17.9. The lowest BCUT2D eigenvalue weighted by Gasteiger charge is -2.22. The zero-order chi connectivity index (χ0) is 16.5. The van der Waals surface area contributed by atoms with Crippen LogP contribution in [0.4, 0.5) is 4.39 Å². The summed E-state index contributed by atoms with van der Waals surface area (Å²) >= 11 is 1.44. The molecule has 1 aromatic carbocycles. The first-order valence-corrected chi connectivity index (χ1v) is 9.12. The molecule has 0 aliphatic heterocycles. The molecule has 3 aromatic rings. The van der Waals surface area contributed by atoms with Crippen molar-refractivity contribution in [1.82, 2.24) is 14.7 Å². The van der Waals surface area contributed by atoms with E-state index in [1.165, 1.54) is 42.7 Å². The monoisotopic (exact) mass is 343 g/mol. The molecule has 1 amide bonds. The molecule has 0 spiro atoms. The molecule has 1 saturated carbocycles. The number of carbonyl (C=O) groups excluding carboxylic acids is 1. The van der Waals surface area contributed by atoms with Crippen LogP contribution in [0, 0.1) is 5.82 Å². The first-order valence-electron chi connectivity index (χ1n) is 8.24. The van der Waals surface area contributed by atoms with E-state index in [2.05, 4.69) is 10.3 Å². The molecule has 0 bridgehead atoms. The highest BCUT2D eigenvalue weighted by Gasteiger charge is 2.20. The lowest BCUT2D eigenvalue weighted by Crippen LogP contribution is -2.36. The van der Waals surface area contributed by atoms with E-state index in [1.807, 2.05) is 16.0 Å². The number of hydrogen-bond acceptors (Lipinski definition) is 3. The van der Waals surface area contributed by atoms with Crippen LogP contribution in [0.25, 0.3) is 16.2 Å². The lowest BCUT2D eigenvalue weighted by atomic mass is 9.95. The van der Waals surface area contributed by atoms with Crippen molar-refractivity contribution in [3.05, 3.63) is 47.4 Å². The Labute approximate surface area is 143 Å². The minimum atomic E-state index is -0.271. The zero-order valence-corrected chi connectivity index (χ0v) is 14.0. The van der Waals surface area contributed by atoms with E-state index in [-0.39, 0.29) is 17.8 Å². The molecule has 6 heteroatoms. The Morgan fingerprint density at radius 3 is 2.71 bits per heavy atom. The second kappa shape index (κ2) is 6.36. The Balaban J connectivity index is 1.59. The van der Waals surface area contributed by atoms with Crippen molar-refractivity contribution in [3.63, 3.8) is 0 Å². The average molecular weight is 343 g/mol. The second-order valence-corrected chi connectivity index (χ2v) is 7.05. The third-order valence-electron chi connectivity index (χ3n) is 4.52. The number of imidazole rings is 1. The van der Waals surface area contributed by atoms with Gasteiger partial charge in [0.25, 0.3) is 5.91 Å². The number of aromatic nitrogens is 2. The largest absolute Gasteiger partial charge is 0.348 e. The normalized spacial score (nSPS) is 15.7. The van der Waals surface area contributed by atoms with Gasteiger partial charge in [0.1, 0.15) is 11.5 Å². The third-order valence-corrected chi connectivity index (χ3v) is 5.36. The highest BCUT2D eigenvalue weighted by molar-refractivity contribution is 7.15. The Hall–Kier alpha value is -2.21. The van der Waals surface area contributed by atoms with Crippen LogP contribution in [-0.2, 0) is 0 Å². The van der Waals surface area contributed by atoms with E-state index >= 15 is 0 Å². The number of nitrogens with zero attached hydrogens (tertiary/aromatic N) is 2. The number of carbonyl (C=O) groups is 1. The van der Waals surface area contributed by atoms with Crippen LogP contribution in [0.3, 0.4) is 0 Å². The number of thiazole rings is 1. The van der Waals surface area contributed by atoms with E-state index in [9.17, 15) is 9.18 Å². The standard InChI is InChI=1S/C18H18FN3OS/c19-13-8-6-12(7-9-13)15-10-22-16(11-24-18(22)21-15)17(23)20-14-4-2-1-3-5-14/h6-11,14H,1-5H2,(H,20,23). The highest BCUT2D eigenvalue weighted by Crippen LogP contribution is 2.24. The average Bonchev–Trinajstić information content (AvgIpc) is 3.17. The molecule has 1 aliphatic carbocycles. The van der Waals surface area contributed by atoms with Gasteiger partial charge in [-0.3, -0.25) is 9.20 Å². The fourth-order valence-electron chi connectivity index (χ4n) is 3.21. The van der Waals surface area contributed by atoms with Gasteiger partial charge in [0.05, 0.1) is 5.69 Å². The molecule has 124 valence electrons. The van der Waals surface area contributed by atoms with Crippen LogP contribution in [-0.4, -0.2) is 21.3 Å². The second-order valence-electron chi connectivity index (χ2n) is 6.21. The van der Waals surface area contributed by atoms with Gasteiger partial charge in [-0.05, 0) is 37.1 Å². The number of nitrogens with one attached hydrogen (secondary N) is 1. The van der Waals surface area contributed by atoms with Gasteiger partial charge in [0, 0.05) is 23.2 Å². The van der Waals surface area contributed by atoms with Gasteiger partial charge >= 0.3 is 0 Å². The molecular weight excluding hydrogens is 325 g/mol. The number of halogens is 1. The first kappa shape index (κ1) is 15.3. The molecule has 4 nitrogen and oxygen atoms in total. The lowest BCUT2D eigenvalue weighted by molar-refractivity contribution is 0.0922. The van der Waals surface area contributed by atoms with Crippen molar-refractivity contribution in [2.24, 2.45) is 0 Å². The van der Waals surface area contributed by atoms with Gasteiger partial charge in [-0.2, -0.15) is 0 Å². The molecule has 2 heterocycles. The van der Waals surface area contributed by atoms with Crippen LogP contribution in [0.1, 0.15) is 42.6 Å². The van der Waals surface area contributed by atoms with Crippen molar-refractivity contribution >= 4 is 22.2 Å². The fraction of sp³-hybridized carbons (Fsp3) is 0.333. The summed E-state index contributed by atoms with van der Waals surface area (Å²) in [6, 6.07) is 6.51. The zero-order valence-electron chi connectivity index (χ0n) is 13.2. The molecule has 0 radical (unpaired) electrons. The summed E-state index contributed by atoms with van der Waals surface area (Å²) in [7, 11) is 0. The number of rotatable bonds is 3. The highest BCUT2D eigenvalue weighted by atomic mass is 32.1. The van der Waals surface area contributed by atoms with E-state index in [4.69, 9.17) is 0 Å². The molecule has 0 saturated heterocycles. The summed E-state index contributed by atoms with van der Waals surface area (Å²) in [5, 5.41) is 4.98. The van der Waals surface area contributed by atoms with Crippen molar-refractivity contribution in [2.75, 3.05) is 0 Å². The topological polar surface area (TPSA) is 46.4 Å². The van der Waals surface area contributed by atoms with Crippen molar-refractivity contribution in [1.29, 1.82) is 0 Å². The van der Waals surface area contributed by atoms with Crippen molar-refractivity contribution in [3.8, 4) is 11.3 Å². The predicted octanol–water partition coefficient (Wildman–Crippen LogP) is 4.26. The summed E-state index contributed by atoms with van der Waals surface area (Å²) in [5.74, 6) is -0.316. The van der Waals surface area contributed by atoms with Crippen LogP contribution >= 0.6 is 11.3 Å². The molecule has 0 unspecified atom stereocenters. The molecule has 24 heavy (non-hydrogen) atoms. The van der Waals surface area contributed by atoms with Gasteiger partial charge in [0.15, 0.2) is 4.96 Å². The molecule has 1 N–H and O–H groups in total. The molecule has 1 aliphatic rings. The van der Waals surface area contributed by atoms with E-state index in [1.54, 1.807) is 12.1 Å². The van der Waals surface area contributed by atoms with Crippen LogP contribution in [0.5, 0.6) is 0 Å². The minimum Gasteiger partial charge on any atom is -0.348 e. The molecule has 4 rings (SSSR count). The van der Waals surface area contributed by atoms with Crippen LogP contribution < -0.4 is 5.32 Å². The predicted molar refractivity (Wildman–Crippen MR) is 92.8 cm³/mol. The number of benzene rings is 1. The van der Waals surface area contributed by atoms with Crippen molar-refractivity contribution < 1.29 is 9.18 Å². The fourth-order valence-corrected chi connectivity index (χ4v) is 4.07. The van der Waals surface area contributed by atoms with Crippen LogP contribution in [0.15, 0.2) is 35.8 Å². The summed E-state index contributed by atoms with van der Waals surface area (Å²) in [6.45, 7) is 0. The molecular formula is C18H18FN3OS. The summed E-state index contributed by atoms with van der Waals surface area (Å²) in [5.41, 5.74) is 2.20. The van der Waals surface area contributed by atoms with E-state index < -0.39 is 0 Å². The van der Waals surface area contributed by atoms with Gasteiger partial charge < -0.3 is 5.32 Å². The Kier molecular flexibility index (Phi) is 4.06. The minimum absolute atomic E-state index is 0.0452. The first-order chi connectivity index (χ1) is 11.7. The Morgan fingerprint density at radius 2 is 1.96 bits per heavy atom. The van der Waals surface area contributed by atoms with Crippen molar-refractivity contribution in [2.45, 2.75) is 38.1 Å². The van der Waals surface area contributed by atoms with Gasteiger partial charge in [-0.1, -0.05) is 19.3 Å². The maximum absolute atomic E-state index is 13.1. The Bertz CT molecular complexity index is 862. The van der Waals surface area contributed by atoms with E-state index in [0.29, 0.717) is 5.69 Å². The summed E-state index contributed by atoms with van der Waals surface area (Å²) in [6.07, 6.45) is 7.59. The third kappa shape index (κ3) is 2.94. The van der Waals surface area contributed by atoms with Crippen LogP contribution in [0.2, 0.25) is 0 Å². The number of hydrogen-bond donors (Lipinski definition) is 1. The molecule has 0 atom stereocenters. The van der Waals surface area contributed by atoms with Gasteiger partial charge in [-0.25, -0.2) is 9.37 Å². The molecule has 1 fully saturated rings. The smallest absolute Gasteiger partial charge is 0.269 e.